The number of unbranched alkanes of at least 4 members (excludes halogenated alkanes) is 1. The number of esters is 1. The number of anilines is 1. The van der Waals surface area contributed by atoms with Crippen LogP contribution < -0.4 is 21.7 Å². The molecule has 13 nitrogen and oxygen atoms in total. The Labute approximate surface area is 289 Å². The van der Waals surface area contributed by atoms with Crippen LogP contribution in [0.25, 0.3) is 0 Å². The topological polar surface area (TPSA) is 177 Å². The van der Waals surface area contributed by atoms with Gasteiger partial charge >= 0.3 is 5.97 Å². The van der Waals surface area contributed by atoms with Gasteiger partial charge in [-0.3, -0.25) is 19.2 Å². The van der Waals surface area contributed by atoms with E-state index in [-0.39, 0.29) is 37.9 Å². The summed E-state index contributed by atoms with van der Waals surface area (Å²) in [7, 11) is 0. The van der Waals surface area contributed by atoms with Crippen LogP contribution in [0.15, 0.2) is 54.6 Å². The fraction of sp³-hybridized carbons (Fsp3) is 0.556. The minimum Gasteiger partial charge on any atom is -0.461 e. The monoisotopic (exact) mass is 686 g/mol. The molecule has 0 heterocycles. The second-order valence-corrected chi connectivity index (χ2v) is 11.3. The van der Waals surface area contributed by atoms with Crippen LogP contribution in [-0.4, -0.2) is 95.2 Å². The summed E-state index contributed by atoms with van der Waals surface area (Å²) in [6, 6.07) is 14.4. The predicted molar refractivity (Wildman–Crippen MR) is 186 cm³/mol. The Morgan fingerprint density at radius 1 is 0.694 bits per heavy atom. The van der Waals surface area contributed by atoms with Gasteiger partial charge in [-0.2, -0.15) is 0 Å². The second-order valence-electron chi connectivity index (χ2n) is 11.3. The Bertz CT molecular complexity index is 1210. The van der Waals surface area contributed by atoms with Gasteiger partial charge in [0.2, 0.25) is 17.7 Å². The predicted octanol–water partition coefficient (Wildman–Crippen LogP) is 2.90. The Kier molecular flexibility index (Phi) is 21.9. The van der Waals surface area contributed by atoms with Crippen molar-refractivity contribution in [2.45, 2.75) is 71.1 Å². The molecule has 2 aromatic carbocycles. The maximum atomic E-state index is 13.6. The molecule has 1 unspecified atom stereocenters. The molecule has 3 amide bonds. The number of benzene rings is 2. The van der Waals surface area contributed by atoms with Crippen molar-refractivity contribution in [3.8, 4) is 0 Å². The Morgan fingerprint density at radius 2 is 1.31 bits per heavy atom. The van der Waals surface area contributed by atoms with Gasteiger partial charge in [-0.15, -0.1) is 0 Å². The lowest BCUT2D eigenvalue weighted by atomic mass is 10.0. The van der Waals surface area contributed by atoms with Gasteiger partial charge in [-0.05, 0) is 55.5 Å². The first-order valence-electron chi connectivity index (χ1n) is 17.0. The van der Waals surface area contributed by atoms with Crippen LogP contribution in [0.1, 0.15) is 57.1 Å². The van der Waals surface area contributed by atoms with Crippen LogP contribution in [0.4, 0.5) is 5.69 Å². The van der Waals surface area contributed by atoms with Crippen molar-refractivity contribution in [3.63, 3.8) is 0 Å². The summed E-state index contributed by atoms with van der Waals surface area (Å²) in [6.45, 7) is 7.52. The van der Waals surface area contributed by atoms with E-state index >= 15 is 0 Å². The van der Waals surface area contributed by atoms with E-state index in [9.17, 15) is 19.2 Å². The molecule has 0 saturated carbocycles. The van der Waals surface area contributed by atoms with Crippen LogP contribution in [-0.2, 0) is 55.9 Å². The molecule has 2 atom stereocenters. The van der Waals surface area contributed by atoms with E-state index in [0.29, 0.717) is 71.1 Å². The van der Waals surface area contributed by atoms with Crippen LogP contribution >= 0.6 is 0 Å². The highest BCUT2D eigenvalue weighted by Crippen LogP contribution is 2.13. The third-order valence-corrected chi connectivity index (χ3v) is 7.12. The van der Waals surface area contributed by atoms with Crippen molar-refractivity contribution >= 4 is 29.4 Å². The molecule has 13 heteroatoms. The summed E-state index contributed by atoms with van der Waals surface area (Å²) in [5, 5.41) is 8.52. The number of hydrogen-bond acceptors (Lipinski definition) is 10. The molecule has 0 saturated heterocycles. The Balaban J connectivity index is 1.89. The highest BCUT2D eigenvalue weighted by Gasteiger charge is 2.27. The normalized spacial score (nSPS) is 12.1. The molecule has 272 valence electrons. The van der Waals surface area contributed by atoms with Crippen LogP contribution in [0, 0.1) is 0 Å². The van der Waals surface area contributed by atoms with E-state index in [1.165, 1.54) is 6.92 Å². The molecule has 0 aromatic heterocycles. The molecule has 0 spiro atoms. The molecule has 2 rings (SSSR count). The summed E-state index contributed by atoms with van der Waals surface area (Å²) >= 11 is 0. The minimum atomic E-state index is -0.920. The molecule has 0 fully saturated rings. The standard InChI is InChI=1S/C36H54N4O9/c1-3-18-45-20-22-47-24-25-48-23-21-46-19-16-34(42)39-33(26-29-9-5-4-6-10-29)36(44)40-32(11-7-8-17-37)35(43)38-31-14-12-30(13-15-31)27-49-28(2)41/h4-6,9-10,12-15,32-33H,3,7-8,11,16-27,37H2,1-2H3,(H,38,43)(H,39,42)(H,40,44)/t32?,33-/m0/s1. The molecule has 0 bridgehead atoms. The fourth-order valence-corrected chi connectivity index (χ4v) is 4.53. The summed E-state index contributed by atoms with van der Waals surface area (Å²) in [5.41, 5.74) is 7.82. The molecule has 0 aliphatic rings. The van der Waals surface area contributed by atoms with E-state index in [1.807, 2.05) is 30.3 Å². The number of hydrogen-bond donors (Lipinski definition) is 4. The second kappa shape index (κ2) is 26.0. The molecular formula is C36H54N4O9. The smallest absolute Gasteiger partial charge is 0.302 e. The average molecular weight is 687 g/mol. The van der Waals surface area contributed by atoms with E-state index < -0.39 is 23.9 Å². The van der Waals surface area contributed by atoms with E-state index in [2.05, 4.69) is 22.9 Å². The van der Waals surface area contributed by atoms with Gasteiger partial charge in [0.05, 0.1) is 46.2 Å². The van der Waals surface area contributed by atoms with Crippen LogP contribution in [0.5, 0.6) is 0 Å². The van der Waals surface area contributed by atoms with Gasteiger partial charge < -0.3 is 45.4 Å². The van der Waals surface area contributed by atoms with Crippen molar-refractivity contribution in [2.75, 3.05) is 64.7 Å². The first-order chi connectivity index (χ1) is 23.8. The molecule has 49 heavy (non-hydrogen) atoms. The molecule has 0 radical (unpaired) electrons. The van der Waals surface area contributed by atoms with Gasteiger partial charge in [-0.25, -0.2) is 0 Å². The molecule has 0 aliphatic carbocycles. The average Bonchev–Trinajstić information content (AvgIpc) is 3.09. The van der Waals surface area contributed by atoms with Gasteiger partial charge in [0.15, 0.2) is 0 Å². The van der Waals surface area contributed by atoms with Crippen molar-refractivity contribution in [1.82, 2.24) is 10.6 Å². The van der Waals surface area contributed by atoms with Crippen LogP contribution in [0.3, 0.4) is 0 Å². The third kappa shape index (κ3) is 19.6. The first kappa shape index (κ1) is 41.3. The fourth-order valence-electron chi connectivity index (χ4n) is 4.53. The molecule has 2 aromatic rings. The summed E-state index contributed by atoms with van der Waals surface area (Å²) < 4.78 is 26.8. The number of ether oxygens (including phenoxy) is 5. The lowest BCUT2D eigenvalue weighted by Crippen LogP contribution is -2.53. The number of rotatable bonds is 27. The van der Waals surface area contributed by atoms with Gasteiger partial charge in [-0.1, -0.05) is 49.4 Å². The summed E-state index contributed by atoms with van der Waals surface area (Å²) in [5.74, 6) is -1.61. The minimum absolute atomic E-state index is 0.0489. The van der Waals surface area contributed by atoms with Crippen molar-refractivity contribution in [2.24, 2.45) is 5.73 Å². The van der Waals surface area contributed by atoms with Crippen molar-refractivity contribution in [1.29, 1.82) is 0 Å². The van der Waals surface area contributed by atoms with Crippen molar-refractivity contribution in [3.05, 3.63) is 65.7 Å². The number of nitrogens with one attached hydrogen (secondary N) is 3. The lowest BCUT2D eigenvalue weighted by molar-refractivity contribution is -0.142. The summed E-state index contributed by atoms with van der Waals surface area (Å²) in [4.78, 5) is 50.9. The van der Waals surface area contributed by atoms with E-state index in [4.69, 9.17) is 29.4 Å². The lowest BCUT2D eigenvalue weighted by Gasteiger charge is -2.23. The largest absolute Gasteiger partial charge is 0.461 e. The number of carbonyl (C=O) groups excluding carboxylic acids is 4. The Hall–Kier alpha value is -3.88. The number of carbonyl (C=O) groups is 4. The highest BCUT2D eigenvalue weighted by molar-refractivity contribution is 5.98. The Morgan fingerprint density at radius 3 is 1.90 bits per heavy atom. The zero-order chi connectivity index (χ0) is 35.5. The van der Waals surface area contributed by atoms with E-state index in [0.717, 1.165) is 24.2 Å². The molecule has 5 N–H and O–H groups in total. The molecule has 0 aliphatic heterocycles. The maximum Gasteiger partial charge on any atom is 0.302 e. The SMILES string of the molecule is CCCOCCOCCOCCOCCC(=O)N[C@@H](Cc1ccccc1)C(=O)NC(CCCCN)C(=O)Nc1ccc(COC(C)=O)cc1. The first-order valence-corrected chi connectivity index (χ1v) is 17.0. The zero-order valence-electron chi connectivity index (χ0n) is 28.9. The van der Waals surface area contributed by atoms with Crippen LogP contribution in [0.2, 0.25) is 0 Å². The number of nitrogens with two attached hydrogens (primary N) is 1. The van der Waals surface area contributed by atoms with Gasteiger partial charge in [0.1, 0.15) is 18.7 Å². The third-order valence-electron chi connectivity index (χ3n) is 7.12. The zero-order valence-corrected chi connectivity index (χ0v) is 28.9. The quantitative estimate of drug-likeness (QED) is 0.0808. The van der Waals surface area contributed by atoms with Gasteiger partial charge in [0.25, 0.3) is 0 Å². The maximum absolute atomic E-state index is 13.6. The van der Waals surface area contributed by atoms with Gasteiger partial charge in [0, 0.05) is 32.1 Å². The molecular weight excluding hydrogens is 632 g/mol. The summed E-state index contributed by atoms with van der Waals surface area (Å²) in [6.07, 6.45) is 2.93. The highest BCUT2D eigenvalue weighted by atomic mass is 16.6. The van der Waals surface area contributed by atoms with E-state index in [1.54, 1.807) is 24.3 Å². The van der Waals surface area contributed by atoms with Crippen molar-refractivity contribution < 1.29 is 42.9 Å². The number of amides is 3.